The third-order valence-electron chi connectivity index (χ3n) is 0.571. The van der Waals surface area contributed by atoms with Gasteiger partial charge in [-0.05, 0) is 6.37 Å². The van der Waals surface area contributed by atoms with Crippen molar-refractivity contribution in [1.29, 1.82) is 0 Å². The molecule has 0 amide bonds. The minimum atomic E-state index is -1.27. The summed E-state index contributed by atoms with van der Waals surface area (Å²) in [5.74, 6) is 0. The van der Waals surface area contributed by atoms with Crippen molar-refractivity contribution >= 4 is 45.2 Å². The second-order valence-electron chi connectivity index (χ2n) is 1.43. The van der Waals surface area contributed by atoms with E-state index in [9.17, 15) is 0 Å². The average molecular weight is 344 g/mol. The molecule has 0 aliphatic carbocycles. The molecule has 0 aromatic carbocycles. The number of halogens is 2. The second kappa shape index (κ2) is 5.22. The van der Waals surface area contributed by atoms with E-state index in [4.69, 9.17) is 7.85 Å². The summed E-state index contributed by atoms with van der Waals surface area (Å²) < 4.78 is 14.6. The van der Waals surface area contributed by atoms with Crippen molar-refractivity contribution in [3.8, 4) is 0 Å². The van der Waals surface area contributed by atoms with E-state index in [1.807, 2.05) is 52.1 Å². The Balaban J connectivity index is 4.09. The molecule has 0 saturated carbocycles. The van der Waals surface area contributed by atoms with Crippen LogP contribution in [0.4, 0.5) is 0 Å². The van der Waals surface area contributed by atoms with Gasteiger partial charge in [-0.25, -0.2) is 0 Å². The maximum absolute atomic E-state index is 8.67. The lowest BCUT2D eigenvalue weighted by Gasteiger charge is -2.05. The van der Waals surface area contributed by atoms with Gasteiger partial charge in [0.1, 0.15) is 0 Å². The molecule has 0 aliphatic heterocycles. The van der Waals surface area contributed by atoms with Gasteiger partial charge in [-0.3, -0.25) is 0 Å². The molecule has 2 atom stereocenters. The Bertz CT molecular complexity index is 108. The van der Waals surface area contributed by atoms with Crippen LogP contribution in [0, 0.1) is 0 Å². The van der Waals surface area contributed by atoms with Gasteiger partial charge in [0, 0.05) is 10.6 Å². The standard InChI is InChI=1S/C5H10I2O/c1-4(6)2-5(7)3-8/h4-5,8H,2-3H2,1H3/i2+1D2,4+1. The Labute approximate surface area is 80.3 Å². The topological polar surface area (TPSA) is 20.2 Å². The number of aliphatic hydroxyl groups is 1. The van der Waals surface area contributed by atoms with E-state index in [0.717, 1.165) is 0 Å². The van der Waals surface area contributed by atoms with Gasteiger partial charge in [-0.2, -0.15) is 0 Å². The number of alkyl halides is 2. The van der Waals surface area contributed by atoms with Gasteiger partial charge in [0.15, 0.2) is 0 Å². The van der Waals surface area contributed by atoms with Gasteiger partial charge in [0.2, 0.25) is 0 Å². The molecular weight excluding hydrogens is 332 g/mol. The van der Waals surface area contributed by atoms with Crippen LogP contribution in [0.5, 0.6) is 0 Å². The van der Waals surface area contributed by atoms with Crippen molar-refractivity contribution in [3.05, 3.63) is 0 Å². The Morgan fingerprint density at radius 3 is 2.38 bits per heavy atom. The summed E-state index contributed by atoms with van der Waals surface area (Å²) in [6.07, 6.45) is -1.27. The summed E-state index contributed by atoms with van der Waals surface area (Å²) in [7, 11) is 0. The van der Waals surface area contributed by atoms with E-state index in [1.54, 1.807) is 0 Å². The molecule has 0 bridgehead atoms. The summed E-state index contributed by atoms with van der Waals surface area (Å²) in [6, 6.07) is 0. The lowest BCUT2D eigenvalue weighted by atomic mass is 10.6. The van der Waals surface area contributed by atoms with Crippen LogP contribution < -0.4 is 0 Å². The zero-order valence-electron chi connectivity index (χ0n) is 6.56. The first-order valence-electron chi connectivity index (χ1n) is 3.32. The minimum Gasteiger partial charge on any atom is -0.395 e. The largest absolute Gasteiger partial charge is 0.395 e. The summed E-state index contributed by atoms with van der Waals surface area (Å²) in [5, 5.41) is 8.67. The molecular formula is C5H10I2O. The van der Waals surface area contributed by atoms with E-state index in [-0.39, 0.29) is 14.5 Å². The monoisotopic (exact) mass is 344 g/mol. The van der Waals surface area contributed by atoms with Gasteiger partial charge in [0.05, 0.1) is 6.61 Å². The van der Waals surface area contributed by atoms with Crippen LogP contribution in [0.1, 0.15) is 16.0 Å². The smallest absolute Gasteiger partial charge is 0.0549 e. The van der Waals surface area contributed by atoms with Crippen LogP contribution in [0.25, 0.3) is 0 Å². The third-order valence-corrected chi connectivity index (χ3v) is 1.68. The van der Waals surface area contributed by atoms with E-state index in [0.29, 0.717) is 0 Å². The van der Waals surface area contributed by atoms with Crippen molar-refractivity contribution in [2.45, 2.75) is 21.1 Å². The van der Waals surface area contributed by atoms with E-state index >= 15 is 0 Å². The number of aliphatic hydroxyl groups excluding tert-OH is 1. The number of rotatable bonds is 3. The van der Waals surface area contributed by atoms with Crippen molar-refractivity contribution < 1.29 is 7.85 Å². The molecule has 0 rings (SSSR count). The first kappa shape index (κ1) is 6.15. The summed E-state index contributed by atoms with van der Waals surface area (Å²) >= 11 is 3.97. The van der Waals surface area contributed by atoms with Crippen molar-refractivity contribution in [1.82, 2.24) is 0 Å². The first-order chi connectivity index (χ1) is 4.42. The maximum atomic E-state index is 8.67. The molecule has 0 spiro atoms. The predicted octanol–water partition coefficient (Wildman–Crippen LogP) is 2.00. The summed E-state index contributed by atoms with van der Waals surface area (Å²) in [6.45, 7) is 1.71. The van der Waals surface area contributed by atoms with Gasteiger partial charge in [0.25, 0.3) is 0 Å². The Morgan fingerprint density at radius 2 is 2.25 bits per heavy atom. The molecule has 0 aromatic rings. The fourth-order valence-electron chi connectivity index (χ4n) is 0.302. The van der Waals surface area contributed by atoms with Gasteiger partial charge in [-0.1, -0.05) is 52.1 Å². The summed E-state index contributed by atoms with van der Waals surface area (Å²) in [4.78, 5) is 0. The Morgan fingerprint density at radius 1 is 1.75 bits per heavy atom. The maximum Gasteiger partial charge on any atom is 0.0549 e. The number of hydrogen-bond acceptors (Lipinski definition) is 1. The molecule has 0 saturated heterocycles. The quantitative estimate of drug-likeness (QED) is 0.472. The third kappa shape index (κ3) is 5.55. The molecule has 3 heteroatoms. The van der Waals surface area contributed by atoms with E-state index in [2.05, 4.69) is 0 Å². The van der Waals surface area contributed by atoms with Crippen molar-refractivity contribution in [3.63, 3.8) is 0 Å². The highest BCUT2D eigenvalue weighted by molar-refractivity contribution is 14.1. The molecule has 8 heavy (non-hydrogen) atoms. The normalized spacial score (nSPS) is 23.5. The molecule has 0 radical (unpaired) electrons. The minimum absolute atomic E-state index is 0.0702. The van der Waals surface area contributed by atoms with Crippen LogP contribution in [0.2, 0.25) is 0 Å². The Kier molecular flexibility index (Phi) is 4.02. The molecule has 0 heterocycles. The summed E-state index contributed by atoms with van der Waals surface area (Å²) in [5.41, 5.74) is 0. The van der Waals surface area contributed by atoms with Gasteiger partial charge < -0.3 is 5.11 Å². The van der Waals surface area contributed by atoms with Crippen LogP contribution in [0.15, 0.2) is 0 Å². The van der Waals surface area contributed by atoms with Gasteiger partial charge >= 0.3 is 0 Å². The van der Waals surface area contributed by atoms with E-state index < -0.39 is 6.37 Å². The van der Waals surface area contributed by atoms with Crippen LogP contribution in [-0.4, -0.2) is 19.6 Å². The first-order valence-corrected chi connectivity index (χ1v) is 4.81. The zero-order valence-corrected chi connectivity index (χ0v) is 8.88. The average Bonchev–Trinajstić information content (AvgIpc) is 1.86. The highest BCUT2D eigenvalue weighted by atomic mass is 127. The second-order valence-corrected chi connectivity index (χ2v) is 4.80. The van der Waals surface area contributed by atoms with E-state index in [1.165, 1.54) is 0 Å². The molecule has 2 unspecified atom stereocenters. The SMILES string of the molecule is [2H][13C]([2H])(C(I)CO)[13CH](C)I. The molecule has 0 fully saturated rings. The highest BCUT2D eigenvalue weighted by Crippen LogP contribution is 2.13. The van der Waals surface area contributed by atoms with Crippen LogP contribution >= 0.6 is 45.2 Å². The highest BCUT2D eigenvalue weighted by Gasteiger charge is 2.04. The lowest BCUT2D eigenvalue weighted by molar-refractivity contribution is 0.296. The fraction of sp³-hybridized carbons (Fsp3) is 1.00. The molecule has 1 nitrogen and oxygen atoms in total. The van der Waals surface area contributed by atoms with Crippen LogP contribution in [-0.2, 0) is 0 Å². The lowest BCUT2D eigenvalue weighted by Crippen LogP contribution is -2.07. The molecule has 0 aromatic heterocycles. The number of hydrogen-bond donors (Lipinski definition) is 1. The van der Waals surface area contributed by atoms with Crippen molar-refractivity contribution in [2.75, 3.05) is 6.61 Å². The van der Waals surface area contributed by atoms with Gasteiger partial charge in [-0.15, -0.1) is 0 Å². The molecule has 1 N–H and O–H groups in total. The van der Waals surface area contributed by atoms with Crippen molar-refractivity contribution in [2.24, 2.45) is 0 Å². The predicted molar refractivity (Wildman–Crippen MR) is 53.0 cm³/mol. The zero-order chi connectivity index (χ0) is 8.36. The molecule has 0 aliphatic rings. The molecule has 50 valence electrons. The fourth-order valence-corrected chi connectivity index (χ4v) is 1.96. The van der Waals surface area contributed by atoms with Crippen LogP contribution in [0.3, 0.4) is 0 Å². The Hall–Kier alpha value is 1.42.